The smallest absolute Gasteiger partial charge is 0.338 e. The molecule has 3 aromatic carbocycles. The van der Waals surface area contributed by atoms with Crippen molar-refractivity contribution in [1.29, 1.82) is 0 Å². The largest absolute Gasteiger partial charge is 0.462 e. The van der Waals surface area contributed by atoms with Gasteiger partial charge in [0.05, 0.1) is 30.7 Å². The lowest BCUT2D eigenvalue weighted by Crippen LogP contribution is -2.29. The summed E-state index contributed by atoms with van der Waals surface area (Å²) in [6, 6.07) is 19.0. The maximum absolute atomic E-state index is 12.7. The highest BCUT2D eigenvalue weighted by molar-refractivity contribution is 7.92. The summed E-state index contributed by atoms with van der Waals surface area (Å²) < 4.78 is 31.1. The summed E-state index contributed by atoms with van der Waals surface area (Å²) in [7, 11) is -3.50. The lowest BCUT2D eigenvalue weighted by molar-refractivity contribution is 0.0526. The molecule has 0 saturated heterocycles. The van der Waals surface area contributed by atoms with Gasteiger partial charge in [0, 0.05) is 11.3 Å². The molecule has 0 heterocycles. The third kappa shape index (κ3) is 6.23. The Morgan fingerprint density at radius 3 is 2.21 bits per heavy atom. The van der Waals surface area contributed by atoms with E-state index in [4.69, 9.17) is 4.74 Å². The van der Waals surface area contributed by atoms with Crippen molar-refractivity contribution in [3.8, 4) is 0 Å². The zero-order valence-corrected chi connectivity index (χ0v) is 20.5. The molecule has 178 valence electrons. The van der Waals surface area contributed by atoms with E-state index in [-0.39, 0.29) is 12.5 Å². The number of benzene rings is 3. The second-order valence-corrected chi connectivity index (χ2v) is 9.92. The maximum Gasteiger partial charge on any atom is 0.338 e. The van der Waals surface area contributed by atoms with E-state index in [1.54, 1.807) is 62.4 Å². The van der Waals surface area contributed by atoms with Gasteiger partial charge in [0.15, 0.2) is 0 Å². The average Bonchev–Trinajstić information content (AvgIpc) is 2.78. The third-order valence-corrected chi connectivity index (χ3v) is 6.36. The molecule has 0 spiro atoms. The Kier molecular flexibility index (Phi) is 7.73. The van der Waals surface area contributed by atoms with Crippen molar-refractivity contribution < 1.29 is 22.7 Å². The van der Waals surface area contributed by atoms with Gasteiger partial charge in [-0.1, -0.05) is 24.3 Å². The number of sulfonamides is 1. The summed E-state index contributed by atoms with van der Waals surface area (Å²) in [4.78, 5) is 24.6. The van der Waals surface area contributed by atoms with E-state index in [1.807, 2.05) is 25.1 Å². The van der Waals surface area contributed by atoms with Crippen LogP contribution < -0.4 is 9.62 Å². The molecule has 8 heteroatoms. The summed E-state index contributed by atoms with van der Waals surface area (Å²) in [5.41, 5.74) is 4.47. The Bertz CT molecular complexity index is 1300. The summed E-state index contributed by atoms with van der Waals surface area (Å²) >= 11 is 0. The van der Waals surface area contributed by atoms with Gasteiger partial charge in [-0.3, -0.25) is 9.10 Å². The number of rotatable bonds is 8. The fraction of sp³-hybridized carbons (Fsp3) is 0.231. The molecule has 0 unspecified atom stereocenters. The SMILES string of the molecule is CCOC(=O)c1ccc(NC(=O)c2ccc(CN(c3cccc(C)c3)S(C)(=O)=O)cc2)c(C)c1. The van der Waals surface area contributed by atoms with E-state index in [1.165, 1.54) is 10.6 Å². The predicted molar refractivity (Wildman–Crippen MR) is 134 cm³/mol. The minimum atomic E-state index is -3.50. The standard InChI is InChI=1S/C26H28N2O5S/c1-5-33-26(30)22-13-14-24(19(3)16-22)27-25(29)21-11-9-20(10-12-21)17-28(34(4,31)32)23-8-6-7-18(2)15-23/h6-16H,5,17H2,1-4H3,(H,27,29). The van der Waals surface area contributed by atoms with E-state index in [2.05, 4.69) is 5.32 Å². The molecule has 1 amide bonds. The van der Waals surface area contributed by atoms with Crippen LogP contribution in [0.25, 0.3) is 0 Å². The van der Waals surface area contributed by atoms with Gasteiger partial charge in [-0.15, -0.1) is 0 Å². The lowest BCUT2D eigenvalue weighted by Gasteiger charge is -2.23. The first-order valence-corrected chi connectivity index (χ1v) is 12.7. The van der Waals surface area contributed by atoms with E-state index in [0.717, 1.165) is 16.7 Å². The highest BCUT2D eigenvalue weighted by Gasteiger charge is 2.18. The molecule has 0 radical (unpaired) electrons. The van der Waals surface area contributed by atoms with E-state index in [9.17, 15) is 18.0 Å². The van der Waals surface area contributed by atoms with Crippen LogP contribution in [-0.4, -0.2) is 33.2 Å². The first-order valence-electron chi connectivity index (χ1n) is 10.8. The van der Waals surface area contributed by atoms with Crippen LogP contribution >= 0.6 is 0 Å². The molecule has 0 bridgehead atoms. The van der Waals surface area contributed by atoms with Crippen LogP contribution in [0.1, 0.15) is 44.3 Å². The van der Waals surface area contributed by atoms with E-state index >= 15 is 0 Å². The van der Waals surface area contributed by atoms with Crippen LogP contribution in [-0.2, 0) is 21.3 Å². The van der Waals surface area contributed by atoms with Crippen molar-refractivity contribution >= 4 is 33.3 Å². The van der Waals surface area contributed by atoms with Crippen LogP contribution in [0.15, 0.2) is 66.7 Å². The second-order valence-electron chi connectivity index (χ2n) is 8.01. The molecule has 7 nitrogen and oxygen atoms in total. The Labute approximate surface area is 200 Å². The minimum Gasteiger partial charge on any atom is -0.462 e. The fourth-order valence-corrected chi connectivity index (χ4v) is 4.33. The van der Waals surface area contributed by atoms with Gasteiger partial charge in [-0.2, -0.15) is 0 Å². The Balaban J connectivity index is 1.73. The molecule has 0 atom stereocenters. The highest BCUT2D eigenvalue weighted by Crippen LogP contribution is 2.22. The van der Waals surface area contributed by atoms with Crippen LogP contribution in [0, 0.1) is 13.8 Å². The summed E-state index contributed by atoms with van der Waals surface area (Å²) in [5, 5.41) is 2.84. The topological polar surface area (TPSA) is 92.8 Å². The van der Waals surface area contributed by atoms with Crippen LogP contribution in [0.5, 0.6) is 0 Å². The number of aryl methyl sites for hydroxylation is 2. The number of esters is 1. The van der Waals surface area contributed by atoms with Gasteiger partial charge in [0.1, 0.15) is 0 Å². The molecule has 3 aromatic rings. The van der Waals surface area contributed by atoms with E-state index in [0.29, 0.717) is 29.1 Å². The zero-order chi connectivity index (χ0) is 24.9. The maximum atomic E-state index is 12.7. The van der Waals surface area contributed by atoms with Crippen molar-refractivity contribution in [2.45, 2.75) is 27.3 Å². The van der Waals surface area contributed by atoms with Crippen molar-refractivity contribution in [2.75, 3.05) is 22.5 Å². The number of carbonyl (C=O) groups excluding carboxylic acids is 2. The first kappa shape index (κ1) is 25.0. The molecule has 0 aliphatic rings. The molecule has 0 fully saturated rings. The second kappa shape index (κ2) is 10.5. The van der Waals surface area contributed by atoms with Crippen molar-refractivity contribution in [2.24, 2.45) is 0 Å². The van der Waals surface area contributed by atoms with Crippen molar-refractivity contribution in [3.05, 3.63) is 94.5 Å². The van der Waals surface area contributed by atoms with Gasteiger partial charge in [0.2, 0.25) is 10.0 Å². The quantitative estimate of drug-likeness (QED) is 0.472. The number of hydrogen-bond acceptors (Lipinski definition) is 5. The number of carbonyl (C=O) groups is 2. The molecule has 3 rings (SSSR count). The molecule has 0 aliphatic carbocycles. The lowest BCUT2D eigenvalue weighted by atomic mass is 10.1. The molecule has 0 saturated carbocycles. The minimum absolute atomic E-state index is 0.151. The first-order chi connectivity index (χ1) is 16.1. The van der Waals surface area contributed by atoms with Crippen LogP contribution in [0.4, 0.5) is 11.4 Å². The van der Waals surface area contributed by atoms with Gasteiger partial charge >= 0.3 is 5.97 Å². The number of ether oxygens (including phenoxy) is 1. The van der Waals surface area contributed by atoms with Crippen LogP contribution in [0.2, 0.25) is 0 Å². The molecule has 1 N–H and O–H groups in total. The summed E-state index contributed by atoms with van der Waals surface area (Å²) in [6.07, 6.45) is 1.17. The third-order valence-electron chi connectivity index (χ3n) is 5.22. The Morgan fingerprint density at radius 1 is 0.941 bits per heavy atom. The van der Waals surface area contributed by atoms with Gasteiger partial charge in [0.25, 0.3) is 5.91 Å². The average molecular weight is 481 g/mol. The van der Waals surface area contributed by atoms with Gasteiger partial charge in [-0.25, -0.2) is 13.2 Å². The van der Waals surface area contributed by atoms with Crippen molar-refractivity contribution in [1.82, 2.24) is 0 Å². The van der Waals surface area contributed by atoms with Crippen molar-refractivity contribution in [3.63, 3.8) is 0 Å². The van der Waals surface area contributed by atoms with Gasteiger partial charge in [-0.05, 0) is 79.9 Å². The zero-order valence-electron chi connectivity index (χ0n) is 19.7. The number of amides is 1. The number of nitrogens with zero attached hydrogens (tertiary/aromatic N) is 1. The van der Waals surface area contributed by atoms with E-state index < -0.39 is 16.0 Å². The normalized spacial score (nSPS) is 11.1. The summed E-state index contributed by atoms with van der Waals surface area (Å²) in [6.45, 7) is 5.89. The molecule has 0 aliphatic heterocycles. The summed E-state index contributed by atoms with van der Waals surface area (Å²) in [5.74, 6) is -0.718. The van der Waals surface area contributed by atoms with Crippen LogP contribution in [0.3, 0.4) is 0 Å². The number of hydrogen-bond donors (Lipinski definition) is 1. The number of anilines is 2. The molecular weight excluding hydrogens is 452 g/mol. The predicted octanol–water partition coefficient (Wildman–Crippen LogP) is 4.70. The van der Waals surface area contributed by atoms with Gasteiger partial charge < -0.3 is 10.1 Å². The fourth-order valence-electron chi connectivity index (χ4n) is 3.45. The molecule has 0 aromatic heterocycles. The molecular formula is C26H28N2O5S. The molecule has 34 heavy (non-hydrogen) atoms. The Morgan fingerprint density at radius 2 is 1.62 bits per heavy atom. The highest BCUT2D eigenvalue weighted by atomic mass is 32.2. The Hall–Kier alpha value is -3.65. The number of nitrogens with one attached hydrogen (secondary N) is 1. The monoisotopic (exact) mass is 480 g/mol.